The van der Waals surface area contributed by atoms with E-state index in [1.165, 1.54) is 0 Å². The lowest BCUT2D eigenvalue weighted by molar-refractivity contribution is -0.00829. The number of aromatic nitrogens is 1. The molecule has 24 heavy (non-hydrogen) atoms. The van der Waals surface area contributed by atoms with E-state index in [4.69, 9.17) is 21.1 Å². The van der Waals surface area contributed by atoms with Crippen molar-refractivity contribution in [2.75, 3.05) is 13.1 Å². The monoisotopic (exact) mass is 352 g/mol. The van der Waals surface area contributed by atoms with Crippen molar-refractivity contribution >= 4 is 17.7 Å². The second-order valence-corrected chi connectivity index (χ2v) is 8.34. The molecule has 132 valence electrons. The number of carbonyl (C=O) groups is 1. The first kappa shape index (κ1) is 17.3. The molecule has 1 saturated heterocycles. The van der Waals surface area contributed by atoms with Crippen molar-refractivity contribution in [1.82, 2.24) is 9.88 Å². The molecule has 6 heteroatoms. The maximum absolute atomic E-state index is 12.2. The number of carbonyl (C=O) groups excluding carboxylic acids is 1. The number of hydrogen-bond acceptors (Lipinski definition) is 4. The van der Waals surface area contributed by atoms with Gasteiger partial charge in [-0.1, -0.05) is 11.6 Å². The summed E-state index contributed by atoms with van der Waals surface area (Å²) < 4.78 is 11.7. The van der Waals surface area contributed by atoms with Gasteiger partial charge in [0.1, 0.15) is 22.1 Å². The number of hydrogen-bond donors (Lipinski definition) is 0. The maximum atomic E-state index is 12.2. The van der Waals surface area contributed by atoms with Crippen LogP contribution in [0.1, 0.15) is 46.1 Å². The molecule has 3 rings (SSSR count). The Morgan fingerprint density at radius 3 is 2.71 bits per heavy atom. The van der Waals surface area contributed by atoms with E-state index in [2.05, 4.69) is 11.9 Å². The molecule has 0 saturated carbocycles. The van der Waals surface area contributed by atoms with Gasteiger partial charge in [-0.15, -0.1) is 0 Å². The molecule has 0 unspecified atom stereocenters. The van der Waals surface area contributed by atoms with Crippen molar-refractivity contribution in [3.05, 3.63) is 23.0 Å². The molecule has 1 aromatic heterocycles. The summed E-state index contributed by atoms with van der Waals surface area (Å²) in [6.45, 7) is 9.22. The standard InChI is InChI=1S/C18H25ClN2O3/c1-17(2,3)24-16(22)21-7-5-13(6-8-21)18(4)10-12-9-15(19)20-11-14(12)23-18/h9,11,13H,5-8,10H2,1-4H3/t18-/m1/s1. The average Bonchev–Trinajstić information content (AvgIpc) is 2.82. The Hall–Kier alpha value is -1.49. The third kappa shape index (κ3) is 3.61. The Balaban J connectivity index is 1.60. The predicted molar refractivity (Wildman–Crippen MR) is 92.5 cm³/mol. The molecule has 0 bridgehead atoms. The highest BCUT2D eigenvalue weighted by molar-refractivity contribution is 6.29. The molecule has 1 amide bonds. The van der Waals surface area contributed by atoms with Crippen molar-refractivity contribution in [1.29, 1.82) is 0 Å². The molecule has 1 aromatic rings. The van der Waals surface area contributed by atoms with Gasteiger partial charge in [0.2, 0.25) is 0 Å². The number of amides is 1. The highest BCUT2D eigenvalue weighted by atomic mass is 35.5. The summed E-state index contributed by atoms with van der Waals surface area (Å²) >= 11 is 5.98. The summed E-state index contributed by atoms with van der Waals surface area (Å²) in [4.78, 5) is 18.1. The molecule has 2 aliphatic rings. The fourth-order valence-electron chi connectivity index (χ4n) is 3.58. The van der Waals surface area contributed by atoms with Crippen LogP contribution in [0.5, 0.6) is 5.75 Å². The van der Waals surface area contributed by atoms with E-state index in [-0.39, 0.29) is 11.7 Å². The first-order valence-corrected chi connectivity index (χ1v) is 8.85. The Kier molecular flexibility index (Phi) is 4.41. The topological polar surface area (TPSA) is 51.7 Å². The van der Waals surface area contributed by atoms with Gasteiger partial charge in [-0.25, -0.2) is 9.78 Å². The second kappa shape index (κ2) is 6.10. The Labute approximate surface area is 148 Å². The fraction of sp³-hybridized carbons (Fsp3) is 0.667. The molecule has 0 N–H and O–H groups in total. The molecular formula is C18H25ClN2O3. The molecule has 5 nitrogen and oxygen atoms in total. The minimum atomic E-state index is -0.456. The van der Waals surface area contributed by atoms with E-state index < -0.39 is 5.60 Å². The van der Waals surface area contributed by atoms with Crippen LogP contribution >= 0.6 is 11.6 Å². The van der Waals surface area contributed by atoms with Crippen LogP contribution in [0.4, 0.5) is 4.79 Å². The molecule has 3 heterocycles. The lowest BCUT2D eigenvalue weighted by atomic mass is 9.79. The number of ether oxygens (including phenoxy) is 2. The minimum Gasteiger partial charge on any atom is -0.485 e. The highest BCUT2D eigenvalue weighted by Gasteiger charge is 2.44. The zero-order valence-corrected chi connectivity index (χ0v) is 15.5. The lowest BCUT2D eigenvalue weighted by Gasteiger charge is -2.40. The van der Waals surface area contributed by atoms with Crippen LogP contribution in [0.2, 0.25) is 5.15 Å². The summed E-state index contributed by atoms with van der Waals surface area (Å²) in [6.07, 6.45) is 4.13. The zero-order chi connectivity index (χ0) is 17.5. The quantitative estimate of drug-likeness (QED) is 0.715. The molecule has 0 spiro atoms. The number of piperidine rings is 1. The van der Waals surface area contributed by atoms with Gasteiger partial charge >= 0.3 is 6.09 Å². The number of rotatable bonds is 1. The van der Waals surface area contributed by atoms with Crippen LogP contribution in [-0.4, -0.2) is 40.3 Å². The third-order valence-electron chi connectivity index (χ3n) is 4.81. The highest BCUT2D eigenvalue weighted by Crippen LogP contribution is 2.42. The van der Waals surface area contributed by atoms with Crippen LogP contribution < -0.4 is 4.74 Å². The molecular weight excluding hydrogens is 328 g/mol. The van der Waals surface area contributed by atoms with Gasteiger partial charge in [0.25, 0.3) is 0 Å². The zero-order valence-electron chi connectivity index (χ0n) is 14.8. The first-order valence-electron chi connectivity index (χ1n) is 8.48. The number of halogens is 1. The summed E-state index contributed by atoms with van der Waals surface area (Å²) in [6, 6.07) is 1.89. The molecule has 0 aliphatic carbocycles. The van der Waals surface area contributed by atoms with Crippen LogP contribution in [-0.2, 0) is 11.2 Å². The summed E-state index contributed by atoms with van der Waals surface area (Å²) in [5.74, 6) is 1.22. The minimum absolute atomic E-state index is 0.224. The number of fused-ring (bicyclic) bond motifs is 1. The van der Waals surface area contributed by atoms with Gasteiger partial charge in [-0.2, -0.15) is 0 Å². The van der Waals surface area contributed by atoms with Crippen molar-refractivity contribution in [2.24, 2.45) is 5.92 Å². The van der Waals surface area contributed by atoms with Crippen LogP contribution in [0.3, 0.4) is 0 Å². The summed E-state index contributed by atoms with van der Waals surface area (Å²) in [5.41, 5.74) is 0.406. The van der Waals surface area contributed by atoms with E-state index in [1.807, 2.05) is 26.8 Å². The smallest absolute Gasteiger partial charge is 0.410 e. The summed E-state index contributed by atoms with van der Waals surface area (Å²) in [5, 5.41) is 0.501. The van der Waals surface area contributed by atoms with Crippen molar-refractivity contribution < 1.29 is 14.3 Å². The second-order valence-electron chi connectivity index (χ2n) is 7.95. The predicted octanol–water partition coefficient (Wildman–Crippen LogP) is 4.08. The van der Waals surface area contributed by atoms with Crippen LogP contribution in [0.25, 0.3) is 0 Å². The Morgan fingerprint density at radius 1 is 1.42 bits per heavy atom. The largest absolute Gasteiger partial charge is 0.485 e. The maximum Gasteiger partial charge on any atom is 0.410 e. The van der Waals surface area contributed by atoms with Gasteiger partial charge in [0, 0.05) is 31.0 Å². The first-order chi connectivity index (χ1) is 11.2. The lowest BCUT2D eigenvalue weighted by Crippen LogP contribution is -2.48. The average molecular weight is 353 g/mol. The molecule has 1 atom stereocenters. The van der Waals surface area contributed by atoms with Gasteiger partial charge in [0.05, 0.1) is 6.20 Å². The van der Waals surface area contributed by atoms with E-state index in [1.54, 1.807) is 11.1 Å². The van der Waals surface area contributed by atoms with Gasteiger partial charge in [-0.05, 0) is 46.6 Å². The van der Waals surface area contributed by atoms with Crippen molar-refractivity contribution in [2.45, 2.75) is 58.2 Å². The summed E-state index contributed by atoms with van der Waals surface area (Å²) in [7, 11) is 0. The normalized spacial score (nSPS) is 24.5. The molecule has 2 aliphatic heterocycles. The van der Waals surface area contributed by atoms with Crippen LogP contribution in [0.15, 0.2) is 12.3 Å². The van der Waals surface area contributed by atoms with E-state index in [0.717, 1.165) is 30.6 Å². The van der Waals surface area contributed by atoms with E-state index >= 15 is 0 Å². The molecule has 0 radical (unpaired) electrons. The van der Waals surface area contributed by atoms with E-state index in [0.29, 0.717) is 24.2 Å². The number of likely N-dealkylation sites (tertiary alicyclic amines) is 1. The molecule has 0 aromatic carbocycles. The van der Waals surface area contributed by atoms with E-state index in [9.17, 15) is 4.79 Å². The number of nitrogens with zero attached hydrogens (tertiary/aromatic N) is 2. The third-order valence-corrected chi connectivity index (χ3v) is 5.02. The fourth-order valence-corrected chi connectivity index (χ4v) is 3.76. The van der Waals surface area contributed by atoms with Gasteiger partial charge < -0.3 is 14.4 Å². The Morgan fingerprint density at radius 2 is 2.08 bits per heavy atom. The Bertz CT molecular complexity index is 636. The van der Waals surface area contributed by atoms with Crippen molar-refractivity contribution in [3.8, 4) is 5.75 Å². The SMILES string of the molecule is CC(C)(C)OC(=O)N1CCC([C@@]2(C)Cc3cc(Cl)ncc3O2)CC1. The van der Waals surface area contributed by atoms with Crippen LogP contribution in [0, 0.1) is 5.92 Å². The van der Waals surface area contributed by atoms with Gasteiger partial charge in [0.15, 0.2) is 0 Å². The molecule has 1 fully saturated rings. The number of pyridine rings is 1. The van der Waals surface area contributed by atoms with Gasteiger partial charge in [-0.3, -0.25) is 0 Å². The van der Waals surface area contributed by atoms with Crippen molar-refractivity contribution in [3.63, 3.8) is 0 Å².